The zero-order valence-electron chi connectivity index (χ0n) is 14.0. The molecule has 1 aromatic carbocycles. The van der Waals surface area contributed by atoms with Crippen molar-refractivity contribution < 1.29 is 27.2 Å². The second kappa shape index (κ2) is 6.23. The number of halogens is 5. The van der Waals surface area contributed by atoms with Crippen molar-refractivity contribution in [3.8, 4) is 0 Å². The van der Waals surface area contributed by atoms with E-state index in [-0.39, 0.29) is 21.5 Å². The van der Waals surface area contributed by atoms with E-state index in [1.54, 1.807) is 0 Å². The molecule has 1 fully saturated rings. The minimum atomic E-state index is -3.20. The van der Waals surface area contributed by atoms with E-state index in [1.807, 2.05) is 0 Å². The van der Waals surface area contributed by atoms with E-state index in [1.165, 1.54) is 12.1 Å². The van der Waals surface area contributed by atoms with E-state index in [2.05, 4.69) is 31.2 Å². The summed E-state index contributed by atoms with van der Waals surface area (Å²) in [4.78, 5) is 32.9. The summed E-state index contributed by atoms with van der Waals surface area (Å²) in [6.45, 7) is -1.06. The van der Waals surface area contributed by atoms with E-state index in [9.17, 15) is 27.2 Å². The zero-order chi connectivity index (χ0) is 20.3. The smallest absolute Gasteiger partial charge is 0.260 e. The van der Waals surface area contributed by atoms with Gasteiger partial charge in [0.1, 0.15) is 12.4 Å². The molecular weight excluding hydrogens is 448 g/mol. The van der Waals surface area contributed by atoms with Gasteiger partial charge in [0.25, 0.3) is 11.8 Å². The van der Waals surface area contributed by atoms with Gasteiger partial charge in [0, 0.05) is 24.1 Å². The normalized spacial score (nSPS) is 22.2. The van der Waals surface area contributed by atoms with Gasteiger partial charge in [-0.25, -0.2) is 27.5 Å². The Morgan fingerprint density at radius 3 is 2.50 bits per heavy atom. The molecule has 1 aromatic heterocycles. The molecule has 0 saturated heterocycles. The molecule has 1 N–H and O–H groups in total. The summed E-state index contributed by atoms with van der Waals surface area (Å²) in [6.07, 6.45) is 1.06. The highest BCUT2D eigenvalue weighted by molar-refractivity contribution is 9.10. The van der Waals surface area contributed by atoms with Crippen molar-refractivity contribution in [3.05, 3.63) is 51.8 Å². The number of aromatic nitrogens is 2. The number of carbonyl (C=O) groups is 2. The van der Waals surface area contributed by atoms with Crippen LogP contribution in [0, 0.1) is 11.6 Å². The number of alkyl halides is 2. The molecule has 146 valence electrons. The molecule has 1 saturated carbocycles. The van der Waals surface area contributed by atoms with Gasteiger partial charge in [0.2, 0.25) is 11.9 Å². The molecule has 2 aromatic rings. The first-order valence-electron chi connectivity index (χ1n) is 8.08. The Kier molecular flexibility index (Phi) is 4.18. The standard InChI is InChI=1S/C17H11BrF4N4O2/c18-10-2-1-9-12(13(10)20)16(6-17(16,21)22)7-26(14(9)28)5-11(27)25-15-23-3-8(19)4-24-15/h1-4H,5-7H2,(H,23,24,25,27). The fourth-order valence-electron chi connectivity index (χ4n) is 3.46. The third-order valence-electron chi connectivity index (χ3n) is 4.86. The van der Waals surface area contributed by atoms with Crippen LogP contribution in [0.2, 0.25) is 0 Å². The number of hydrogen-bond donors (Lipinski definition) is 1. The largest absolute Gasteiger partial charge is 0.328 e. The Labute approximate surface area is 164 Å². The second-order valence-corrected chi connectivity index (χ2v) is 7.54. The van der Waals surface area contributed by atoms with E-state index in [0.717, 1.165) is 17.3 Å². The maximum absolute atomic E-state index is 14.6. The van der Waals surface area contributed by atoms with Gasteiger partial charge in [0.15, 0.2) is 5.82 Å². The summed E-state index contributed by atoms with van der Waals surface area (Å²) in [5, 5.41) is 2.26. The number of carbonyl (C=O) groups excluding carboxylic acids is 2. The molecular formula is C17H11BrF4N4O2. The molecule has 1 unspecified atom stereocenters. The van der Waals surface area contributed by atoms with Crippen LogP contribution >= 0.6 is 15.9 Å². The van der Waals surface area contributed by atoms with Gasteiger partial charge in [-0.3, -0.25) is 14.9 Å². The maximum Gasteiger partial charge on any atom is 0.260 e. The Balaban J connectivity index is 1.61. The fourth-order valence-corrected chi connectivity index (χ4v) is 3.79. The molecule has 11 heteroatoms. The minimum Gasteiger partial charge on any atom is -0.328 e. The van der Waals surface area contributed by atoms with Crippen LogP contribution in [-0.2, 0) is 10.2 Å². The predicted octanol–water partition coefficient (Wildman–Crippen LogP) is 2.89. The summed E-state index contributed by atoms with van der Waals surface area (Å²) < 4.78 is 55.8. The van der Waals surface area contributed by atoms with Gasteiger partial charge in [-0.15, -0.1) is 0 Å². The van der Waals surface area contributed by atoms with Crippen molar-refractivity contribution in [3.63, 3.8) is 0 Å². The van der Waals surface area contributed by atoms with Crippen LogP contribution in [0.25, 0.3) is 0 Å². The van der Waals surface area contributed by atoms with Crippen molar-refractivity contribution in [2.45, 2.75) is 17.8 Å². The molecule has 6 nitrogen and oxygen atoms in total. The second-order valence-electron chi connectivity index (χ2n) is 6.68. The fraction of sp³-hybridized carbons (Fsp3) is 0.294. The van der Waals surface area contributed by atoms with Gasteiger partial charge in [-0.05, 0) is 28.1 Å². The number of nitrogens with zero attached hydrogens (tertiary/aromatic N) is 3. The number of fused-ring (bicyclic) bond motifs is 2. The molecule has 1 aliphatic heterocycles. The highest BCUT2D eigenvalue weighted by atomic mass is 79.9. The molecule has 1 atom stereocenters. The van der Waals surface area contributed by atoms with Crippen LogP contribution in [0.5, 0.6) is 0 Å². The Bertz CT molecular complexity index is 1000. The van der Waals surface area contributed by atoms with Crippen LogP contribution in [-0.4, -0.2) is 45.7 Å². The Morgan fingerprint density at radius 2 is 1.89 bits per heavy atom. The summed E-state index contributed by atoms with van der Waals surface area (Å²) in [5.41, 5.74) is -2.39. The molecule has 0 bridgehead atoms. The molecule has 1 aliphatic carbocycles. The molecule has 2 heterocycles. The van der Waals surface area contributed by atoms with Crippen LogP contribution in [0.1, 0.15) is 22.3 Å². The number of rotatable bonds is 3. The number of anilines is 1. The third kappa shape index (κ3) is 2.84. The van der Waals surface area contributed by atoms with Crippen molar-refractivity contribution >= 4 is 33.7 Å². The third-order valence-corrected chi connectivity index (χ3v) is 5.47. The highest BCUT2D eigenvalue weighted by Crippen LogP contribution is 2.64. The van der Waals surface area contributed by atoms with Gasteiger partial charge in [0.05, 0.1) is 22.3 Å². The average Bonchev–Trinajstić information content (AvgIpc) is 3.17. The van der Waals surface area contributed by atoms with Gasteiger partial charge >= 0.3 is 0 Å². The van der Waals surface area contributed by atoms with Crippen molar-refractivity contribution in [1.82, 2.24) is 14.9 Å². The lowest BCUT2D eigenvalue weighted by atomic mass is 9.85. The summed E-state index contributed by atoms with van der Waals surface area (Å²) in [7, 11) is 0. The lowest BCUT2D eigenvalue weighted by Crippen LogP contribution is -2.49. The topological polar surface area (TPSA) is 75.2 Å². The van der Waals surface area contributed by atoms with Crippen LogP contribution < -0.4 is 5.32 Å². The first-order valence-corrected chi connectivity index (χ1v) is 8.87. The Hall–Kier alpha value is -2.56. The molecule has 1 spiro atoms. The average molecular weight is 459 g/mol. The minimum absolute atomic E-state index is 0.0132. The number of amides is 2. The van der Waals surface area contributed by atoms with Crippen molar-refractivity contribution in [2.24, 2.45) is 0 Å². The number of nitrogens with one attached hydrogen (secondary N) is 1. The lowest BCUT2D eigenvalue weighted by molar-refractivity contribution is -0.117. The predicted molar refractivity (Wildman–Crippen MR) is 91.9 cm³/mol. The zero-order valence-corrected chi connectivity index (χ0v) is 15.6. The summed E-state index contributed by atoms with van der Waals surface area (Å²) in [6, 6.07) is 2.52. The van der Waals surface area contributed by atoms with Crippen LogP contribution in [0.15, 0.2) is 29.0 Å². The maximum atomic E-state index is 14.6. The first-order chi connectivity index (χ1) is 13.1. The van der Waals surface area contributed by atoms with E-state index in [4.69, 9.17) is 0 Å². The molecule has 2 amide bonds. The van der Waals surface area contributed by atoms with Gasteiger partial charge in [-0.1, -0.05) is 0 Å². The number of hydrogen-bond acceptors (Lipinski definition) is 4. The molecule has 4 rings (SSSR count). The Morgan fingerprint density at radius 1 is 1.25 bits per heavy atom. The first kappa shape index (κ1) is 18.8. The van der Waals surface area contributed by atoms with Crippen LogP contribution in [0.3, 0.4) is 0 Å². The monoisotopic (exact) mass is 458 g/mol. The molecule has 28 heavy (non-hydrogen) atoms. The van der Waals surface area contributed by atoms with Gasteiger partial charge in [-0.2, -0.15) is 0 Å². The lowest BCUT2D eigenvalue weighted by Gasteiger charge is -2.34. The number of benzene rings is 1. The highest BCUT2D eigenvalue weighted by Gasteiger charge is 2.75. The molecule has 0 radical (unpaired) electrons. The van der Waals surface area contributed by atoms with Gasteiger partial charge < -0.3 is 4.90 Å². The van der Waals surface area contributed by atoms with E-state index < -0.39 is 54.3 Å². The van der Waals surface area contributed by atoms with E-state index in [0.29, 0.717) is 0 Å². The van der Waals surface area contributed by atoms with Crippen molar-refractivity contribution in [2.75, 3.05) is 18.4 Å². The summed E-state index contributed by atoms with van der Waals surface area (Å²) >= 11 is 2.96. The van der Waals surface area contributed by atoms with Crippen molar-refractivity contribution in [1.29, 1.82) is 0 Å². The SMILES string of the molecule is O=C(CN1CC2(CC2(F)F)c2c(ccc(Br)c2F)C1=O)Nc1ncc(F)cn1. The van der Waals surface area contributed by atoms with E-state index >= 15 is 0 Å². The van der Waals surface area contributed by atoms with Crippen LogP contribution in [0.4, 0.5) is 23.5 Å². The molecule has 2 aliphatic rings. The summed E-state index contributed by atoms with van der Waals surface area (Å²) in [5.74, 6) is -6.47. The quantitative estimate of drug-likeness (QED) is 0.717.